The molecule has 186 valence electrons. The van der Waals surface area contributed by atoms with Gasteiger partial charge in [-0.1, -0.05) is 28.4 Å². The first-order valence-corrected chi connectivity index (χ1v) is 11.0. The van der Waals surface area contributed by atoms with E-state index in [-0.39, 0.29) is 42.3 Å². The number of nitrogens with one attached hydrogen (secondary N) is 2. The van der Waals surface area contributed by atoms with Crippen LogP contribution in [0.5, 0.6) is 5.75 Å². The van der Waals surface area contributed by atoms with E-state index in [2.05, 4.69) is 25.9 Å². The fourth-order valence-electron chi connectivity index (χ4n) is 2.89. The molecule has 1 unspecified atom stereocenters. The van der Waals surface area contributed by atoms with Crippen LogP contribution in [-0.2, 0) is 11.3 Å². The summed E-state index contributed by atoms with van der Waals surface area (Å²) in [5, 5.41) is 24.1. The summed E-state index contributed by atoms with van der Waals surface area (Å²) in [5.41, 5.74) is 1.14. The number of hydrogen-bond acceptors (Lipinski definition) is 9. The molecule has 0 aliphatic carbocycles. The van der Waals surface area contributed by atoms with E-state index in [4.69, 9.17) is 32.5 Å². The lowest BCUT2D eigenvalue weighted by molar-refractivity contribution is -0.389. The Morgan fingerprint density at radius 3 is 2.63 bits per heavy atom. The Kier molecular flexibility index (Phi) is 8.25. The van der Waals surface area contributed by atoms with E-state index in [9.17, 15) is 19.7 Å². The van der Waals surface area contributed by atoms with Crippen molar-refractivity contribution in [3.05, 3.63) is 61.3 Å². The second-order valence-electron chi connectivity index (χ2n) is 7.37. The molecule has 0 aliphatic rings. The number of aromatic nitrogens is 4. The fraction of sp³-hybridized carbons (Fsp3) is 0.350. The second kappa shape index (κ2) is 11.1. The molecule has 35 heavy (non-hydrogen) atoms. The number of aryl methyl sites for hydroxylation is 1. The Labute approximate surface area is 208 Å². The fourth-order valence-corrected chi connectivity index (χ4v) is 3.32. The molecule has 1 aromatic carbocycles. The van der Waals surface area contributed by atoms with Crippen LogP contribution in [-0.4, -0.2) is 55.9 Å². The molecule has 0 saturated heterocycles. The number of carbonyl (C=O) groups is 2. The summed E-state index contributed by atoms with van der Waals surface area (Å²) in [6, 6.07) is 5.08. The molecule has 0 bridgehead atoms. The maximum absolute atomic E-state index is 12.2. The third kappa shape index (κ3) is 6.45. The van der Waals surface area contributed by atoms with E-state index in [0.29, 0.717) is 16.5 Å². The Hall–Kier alpha value is -3.71. The molecule has 3 rings (SSSR count). The summed E-state index contributed by atoms with van der Waals surface area (Å²) < 4.78 is 11.8. The molecule has 3 aromatic rings. The van der Waals surface area contributed by atoms with Crippen molar-refractivity contribution >= 4 is 40.8 Å². The van der Waals surface area contributed by atoms with Crippen molar-refractivity contribution in [2.45, 2.75) is 33.4 Å². The van der Waals surface area contributed by atoms with Gasteiger partial charge >= 0.3 is 17.6 Å². The molecule has 15 heteroatoms. The summed E-state index contributed by atoms with van der Waals surface area (Å²) >= 11 is 11.8. The van der Waals surface area contributed by atoms with Gasteiger partial charge in [0.2, 0.25) is 0 Å². The minimum Gasteiger partial charge on any atom is -0.481 e. The van der Waals surface area contributed by atoms with Crippen LogP contribution in [0, 0.1) is 24.0 Å². The van der Waals surface area contributed by atoms with E-state index < -0.39 is 22.8 Å². The normalized spacial score (nSPS) is 11.7. The second-order valence-corrected chi connectivity index (χ2v) is 8.18. The highest BCUT2D eigenvalue weighted by molar-refractivity contribution is 6.33. The SMILES string of the molecule is Cc1cc(Cl)ccc1OC(C)C(=O)NCCNC(=O)c1nc(Cn2nc([N+](=O)[O-])c(Cl)c2C)no1. The van der Waals surface area contributed by atoms with Crippen LogP contribution in [0.3, 0.4) is 0 Å². The summed E-state index contributed by atoms with van der Waals surface area (Å²) in [6.45, 7) is 5.11. The van der Waals surface area contributed by atoms with Gasteiger partial charge in [-0.2, -0.15) is 9.67 Å². The van der Waals surface area contributed by atoms with Gasteiger partial charge in [-0.15, -0.1) is 0 Å². The predicted molar refractivity (Wildman–Crippen MR) is 124 cm³/mol. The highest BCUT2D eigenvalue weighted by Crippen LogP contribution is 2.26. The van der Waals surface area contributed by atoms with Gasteiger partial charge in [0.05, 0.1) is 10.8 Å². The molecule has 0 fully saturated rings. The van der Waals surface area contributed by atoms with E-state index in [0.717, 1.165) is 5.56 Å². The number of nitro groups is 1. The third-order valence-electron chi connectivity index (χ3n) is 4.76. The molecular formula is C20H21Cl2N7O6. The number of amides is 2. The number of hydrogen-bond donors (Lipinski definition) is 2. The van der Waals surface area contributed by atoms with Gasteiger partial charge in [0.1, 0.15) is 12.3 Å². The molecule has 0 spiro atoms. The van der Waals surface area contributed by atoms with Crippen molar-refractivity contribution in [1.29, 1.82) is 0 Å². The lowest BCUT2D eigenvalue weighted by Crippen LogP contribution is -2.40. The molecule has 2 aromatic heterocycles. The van der Waals surface area contributed by atoms with Crippen molar-refractivity contribution in [1.82, 2.24) is 30.6 Å². The van der Waals surface area contributed by atoms with E-state index in [1.807, 2.05) is 6.92 Å². The number of carbonyl (C=O) groups excluding carboxylic acids is 2. The van der Waals surface area contributed by atoms with Crippen molar-refractivity contribution < 1.29 is 23.8 Å². The van der Waals surface area contributed by atoms with Crippen LogP contribution in [0.4, 0.5) is 5.82 Å². The minimum absolute atomic E-state index is 0.0732. The Morgan fingerprint density at radius 1 is 1.26 bits per heavy atom. The molecule has 0 aliphatic heterocycles. The van der Waals surface area contributed by atoms with Crippen molar-refractivity contribution in [3.63, 3.8) is 0 Å². The van der Waals surface area contributed by atoms with Crippen LogP contribution < -0.4 is 15.4 Å². The molecule has 0 radical (unpaired) electrons. The van der Waals surface area contributed by atoms with Gasteiger partial charge in [-0.3, -0.25) is 9.59 Å². The predicted octanol–water partition coefficient (Wildman–Crippen LogP) is 2.46. The van der Waals surface area contributed by atoms with Gasteiger partial charge in [0, 0.05) is 18.1 Å². The standard InChI is InChI=1S/C20H21Cl2N7O6/c1-10-8-13(21)4-5-14(10)34-12(3)18(30)23-6-7-24-19(31)20-25-15(27-35-20)9-28-11(2)16(22)17(26-28)29(32)33/h4-5,8,12H,6-7,9H2,1-3H3,(H,23,30)(H,24,31). The highest BCUT2D eigenvalue weighted by atomic mass is 35.5. The summed E-state index contributed by atoms with van der Waals surface area (Å²) in [5.74, 6) is -1.21. The van der Waals surface area contributed by atoms with Crippen molar-refractivity contribution in [2.75, 3.05) is 13.1 Å². The lowest BCUT2D eigenvalue weighted by atomic mass is 10.2. The van der Waals surface area contributed by atoms with Crippen molar-refractivity contribution in [3.8, 4) is 5.75 Å². The molecule has 13 nitrogen and oxygen atoms in total. The number of benzene rings is 1. The van der Waals surface area contributed by atoms with Crippen LogP contribution in [0.25, 0.3) is 0 Å². The van der Waals surface area contributed by atoms with Crippen LogP contribution in [0.15, 0.2) is 22.7 Å². The Morgan fingerprint density at radius 2 is 1.97 bits per heavy atom. The average molecular weight is 526 g/mol. The zero-order valence-corrected chi connectivity index (χ0v) is 20.4. The number of nitrogens with zero attached hydrogens (tertiary/aromatic N) is 5. The first-order valence-electron chi connectivity index (χ1n) is 10.3. The molecule has 2 heterocycles. The van der Waals surface area contributed by atoms with Crippen LogP contribution >= 0.6 is 23.2 Å². The molecule has 1 atom stereocenters. The van der Waals surface area contributed by atoms with Gasteiger partial charge in [0.25, 0.3) is 5.91 Å². The lowest BCUT2D eigenvalue weighted by Gasteiger charge is -2.16. The molecular weight excluding hydrogens is 505 g/mol. The monoisotopic (exact) mass is 525 g/mol. The van der Waals surface area contributed by atoms with Gasteiger partial charge in [0.15, 0.2) is 17.0 Å². The molecule has 0 saturated carbocycles. The van der Waals surface area contributed by atoms with E-state index >= 15 is 0 Å². The Balaban J connectivity index is 1.45. The number of ether oxygens (including phenoxy) is 1. The smallest absolute Gasteiger partial charge is 0.408 e. The van der Waals surface area contributed by atoms with Crippen LogP contribution in [0.1, 0.15) is 34.7 Å². The first-order chi connectivity index (χ1) is 16.6. The quantitative estimate of drug-likeness (QED) is 0.229. The van der Waals surface area contributed by atoms with E-state index in [1.54, 1.807) is 32.0 Å². The summed E-state index contributed by atoms with van der Waals surface area (Å²) in [4.78, 5) is 38.7. The Bertz CT molecular complexity index is 1260. The number of rotatable bonds is 10. The van der Waals surface area contributed by atoms with E-state index in [1.165, 1.54) is 4.68 Å². The molecule has 2 N–H and O–H groups in total. The van der Waals surface area contributed by atoms with Gasteiger partial charge < -0.3 is 30.0 Å². The zero-order valence-electron chi connectivity index (χ0n) is 18.9. The maximum Gasteiger partial charge on any atom is 0.408 e. The zero-order chi connectivity index (χ0) is 25.7. The highest BCUT2D eigenvalue weighted by Gasteiger charge is 2.25. The number of halogens is 2. The average Bonchev–Trinajstić information content (AvgIpc) is 3.38. The third-order valence-corrected chi connectivity index (χ3v) is 5.44. The van der Waals surface area contributed by atoms with Gasteiger partial charge in [-0.25, -0.2) is 0 Å². The van der Waals surface area contributed by atoms with Crippen molar-refractivity contribution in [2.24, 2.45) is 0 Å². The summed E-state index contributed by atoms with van der Waals surface area (Å²) in [7, 11) is 0. The minimum atomic E-state index is -0.765. The molecule has 2 amide bonds. The first kappa shape index (κ1) is 25.9. The van der Waals surface area contributed by atoms with Crippen LogP contribution in [0.2, 0.25) is 10.0 Å². The maximum atomic E-state index is 12.2. The topological polar surface area (TPSA) is 167 Å². The van der Waals surface area contributed by atoms with Gasteiger partial charge in [-0.05, 0) is 49.5 Å². The summed E-state index contributed by atoms with van der Waals surface area (Å²) in [6.07, 6.45) is -0.765. The largest absolute Gasteiger partial charge is 0.481 e.